The standard InChI is InChI=1S/C35H47N7O6/c1-2-11-27(32(44)40-28(16-9-10-18-36)34(46)42-19-17-25(35(47)48)22-30(42)38)39-33(45)29(21-24-14-7-4-8-15-24)41-31(43)26(37)20-23-12-5-3-6-13-23/h1,3-8,12-15,25-30H,9-11,16-22,36-38H2,(H,39,45)(H,40,44)(H,41,43)(H,47,48). The minimum Gasteiger partial charge on any atom is -0.481 e. The predicted molar refractivity (Wildman–Crippen MR) is 180 cm³/mol. The molecule has 10 N–H and O–H groups in total. The molecule has 0 aliphatic carbocycles. The molecule has 4 amide bonds. The van der Waals surface area contributed by atoms with Crippen LogP contribution in [0.5, 0.6) is 0 Å². The van der Waals surface area contributed by atoms with E-state index >= 15 is 0 Å². The molecule has 2 aromatic carbocycles. The minimum absolute atomic E-state index is 0.0871. The van der Waals surface area contributed by atoms with Crippen LogP contribution in [0.2, 0.25) is 0 Å². The predicted octanol–water partition coefficient (Wildman–Crippen LogP) is 0.0138. The fourth-order valence-electron chi connectivity index (χ4n) is 5.62. The van der Waals surface area contributed by atoms with Crippen molar-refractivity contribution in [3.8, 4) is 12.3 Å². The fraction of sp³-hybridized carbons (Fsp3) is 0.457. The average molecular weight is 662 g/mol. The summed E-state index contributed by atoms with van der Waals surface area (Å²) in [6.45, 7) is 0.510. The molecule has 0 aromatic heterocycles. The number of carbonyl (C=O) groups excluding carboxylic acids is 4. The van der Waals surface area contributed by atoms with Crippen LogP contribution in [0.25, 0.3) is 0 Å². The smallest absolute Gasteiger partial charge is 0.306 e. The van der Waals surface area contributed by atoms with Crippen LogP contribution in [0.15, 0.2) is 60.7 Å². The molecule has 3 rings (SSSR count). The van der Waals surface area contributed by atoms with Crippen molar-refractivity contribution in [2.24, 2.45) is 23.1 Å². The van der Waals surface area contributed by atoms with Crippen molar-refractivity contribution in [2.75, 3.05) is 13.1 Å². The molecule has 1 fully saturated rings. The lowest BCUT2D eigenvalue weighted by molar-refractivity contribution is -0.149. The SMILES string of the molecule is C#CCC(NC(=O)C(Cc1ccccc1)NC(=O)C(N)Cc1ccccc1)C(=O)NC(CCCCN)C(=O)N1CCC(C(=O)O)CC1N. The van der Waals surface area contributed by atoms with Gasteiger partial charge in [-0.25, -0.2) is 0 Å². The second-order valence-electron chi connectivity index (χ2n) is 12.0. The number of aliphatic carboxylic acids is 1. The summed E-state index contributed by atoms with van der Waals surface area (Å²) in [5.41, 5.74) is 19.7. The number of carboxylic acids is 1. The minimum atomic E-state index is -1.23. The number of piperidine rings is 1. The van der Waals surface area contributed by atoms with Crippen LogP contribution >= 0.6 is 0 Å². The highest BCUT2D eigenvalue weighted by atomic mass is 16.4. The first-order chi connectivity index (χ1) is 23.0. The van der Waals surface area contributed by atoms with E-state index in [1.807, 2.05) is 48.5 Å². The number of terminal acetylenes is 1. The normalized spacial score (nSPS) is 18.3. The Kier molecular flexibility index (Phi) is 15.0. The molecule has 1 aliphatic rings. The van der Waals surface area contributed by atoms with E-state index < -0.39 is 65.8 Å². The summed E-state index contributed by atoms with van der Waals surface area (Å²) in [6.07, 6.45) is 6.61. The Morgan fingerprint density at radius 3 is 1.98 bits per heavy atom. The third kappa shape index (κ3) is 11.5. The second kappa shape index (κ2) is 19.1. The number of carbonyl (C=O) groups is 5. The van der Waals surface area contributed by atoms with E-state index in [4.69, 9.17) is 23.6 Å². The molecule has 0 bridgehead atoms. The zero-order chi connectivity index (χ0) is 35.1. The van der Waals surface area contributed by atoms with E-state index in [1.165, 1.54) is 4.90 Å². The van der Waals surface area contributed by atoms with Crippen molar-refractivity contribution in [2.45, 2.75) is 81.7 Å². The summed E-state index contributed by atoms with van der Waals surface area (Å²) >= 11 is 0. The summed E-state index contributed by atoms with van der Waals surface area (Å²) in [7, 11) is 0. The number of benzene rings is 2. The van der Waals surface area contributed by atoms with Crippen molar-refractivity contribution in [3.05, 3.63) is 71.8 Å². The van der Waals surface area contributed by atoms with Gasteiger partial charge in [0.15, 0.2) is 0 Å². The molecule has 1 heterocycles. The highest BCUT2D eigenvalue weighted by Crippen LogP contribution is 2.22. The van der Waals surface area contributed by atoms with Crippen LogP contribution in [-0.2, 0) is 36.8 Å². The fourth-order valence-corrected chi connectivity index (χ4v) is 5.62. The summed E-state index contributed by atoms with van der Waals surface area (Å²) in [5, 5.41) is 17.5. The van der Waals surface area contributed by atoms with Gasteiger partial charge in [-0.2, -0.15) is 0 Å². The number of nitrogens with two attached hydrogens (primary N) is 3. The number of nitrogens with one attached hydrogen (secondary N) is 3. The van der Waals surface area contributed by atoms with Gasteiger partial charge in [0.25, 0.3) is 0 Å². The van der Waals surface area contributed by atoms with E-state index in [1.54, 1.807) is 12.1 Å². The van der Waals surface area contributed by atoms with Gasteiger partial charge < -0.3 is 43.2 Å². The molecule has 2 aromatic rings. The molecule has 0 saturated carbocycles. The lowest BCUT2D eigenvalue weighted by Crippen LogP contribution is -2.60. The Balaban J connectivity index is 1.75. The van der Waals surface area contributed by atoms with E-state index in [2.05, 4.69) is 21.9 Å². The Labute approximate surface area is 281 Å². The number of likely N-dealkylation sites (tertiary alicyclic amines) is 1. The number of unbranched alkanes of at least 4 members (excludes halogenated alkanes) is 1. The van der Waals surface area contributed by atoms with E-state index in [0.717, 1.165) is 11.1 Å². The maximum absolute atomic E-state index is 13.7. The molecular formula is C35H47N7O6. The van der Waals surface area contributed by atoms with Gasteiger partial charge in [0.2, 0.25) is 23.6 Å². The van der Waals surface area contributed by atoms with Gasteiger partial charge >= 0.3 is 5.97 Å². The first-order valence-corrected chi connectivity index (χ1v) is 16.2. The monoisotopic (exact) mass is 661 g/mol. The molecule has 258 valence electrons. The van der Waals surface area contributed by atoms with Crippen LogP contribution in [0.3, 0.4) is 0 Å². The van der Waals surface area contributed by atoms with Crippen molar-refractivity contribution < 1.29 is 29.1 Å². The van der Waals surface area contributed by atoms with E-state index in [9.17, 15) is 29.1 Å². The van der Waals surface area contributed by atoms with Gasteiger partial charge in [0, 0.05) is 19.4 Å². The molecular weight excluding hydrogens is 614 g/mol. The third-order valence-corrected chi connectivity index (χ3v) is 8.34. The maximum atomic E-state index is 13.7. The Hall–Kier alpha value is -4.77. The highest BCUT2D eigenvalue weighted by Gasteiger charge is 2.37. The maximum Gasteiger partial charge on any atom is 0.306 e. The molecule has 1 aliphatic heterocycles. The van der Waals surface area contributed by atoms with Gasteiger partial charge in [-0.3, -0.25) is 24.0 Å². The largest absolute Gasteiger partial charge is 0.481 e. The number of amides is 4. The van der Waals surface area contributed by atoms with E-state index in [-0.39, 0.29) is 45.1 Å². The number of hydrogen-bond acceptors (Lipinski definition) is 8. The van der Waals surface area contributed by atoms with Crippen molar-refractivity contribution in [1.29, 1.82) is 0 Å². The van der Waals surface area contributed by atoms with Gasteiger partial charge in [0.05, 0.1) is 18.1 Å². The lowest BCUT2D eigenvalue weighted by Gasteiger charge is -2.38. The zero-order valence-electron chi connectivity index (χ0n) is 27.1. The molecule has 1 saturated heterocycles. The van der Waals surface area contributed by atoms with Crippen LogP contribution in [0.4, 0.5) is 0 Å². The topological polar surface area (TPSA) is 223 Å². The van der Waals surface area contributed by atoms with Crippen LogP contribution in [-0.4, -0.2) is 83.0 Å². The number of nitrogens with zero attached hydrogens (tertiary/aromatic N) is 1. The van der Waals surface area contributed by atoms with Gasteiger partial charge in [0.1, 0.15) is 18.1 Å². The highest BCUT2D eigenvalue weighted by molar-refractivity contribution is 5.95. The Morgan fingerprint density at radius 1 is 0.854 bits per heavy atom. The lowest BCUT2D eigenvalue weighted by atomic mass is 9.94. The third-order valence-electron chi connectivity index (χ3n) is 8.34. The second-order valence-corrected chi connectivity index (χ2v) is 12.0. The molecule has 13 heteroatoms. The Bertz CT molecular complexity index is 1420. The quantitative estimate of drug-likeness (QED) is 0.0895. The number of rotatable bonds is 17. The molecule has 0 spiro atoms. The molecule has 6 atom stereocenters. The summed E-state index contributed by atoms with van der Waals surface area (Å²) in [4.78, 5) is 66.9. The molecule has 13 nitrogen and oxygen atoms in total. The molecule has 0 radical (unpaired) electrons. The number of carboxylic acid groups (broad SMARTS) is 1. The van der Waals surface area contributed by atoms with Crippen molar-refractivity contribution in [1.82, 2.24) is 20.9 Å². The summed E-state index contributed by atoms with van der Waals surface area (Å²) in [5.74, 6) is -1.58. The average Bonchev–Trinajstić information content (AvgIpc) is 3.07. The van der Waals surface area contributed by atoms with Crippen LogP contribution in [0.1, 0.15) is 49.7 Å². The van der Waals surface area contributed by atoms with Crippen LogP contribution < -0.4 is 33.2 Å². The summed E-state index contributed by atoms with van der Waals surface area (Å²) < 4.78 is 0. The Morgan fingerprint density at radius 2 is 1.42 bits per heavy atom. The molecule has 48 heavy (non-hydrogen) atoms. The zero-order valence-corrected chi connectivity index (χ0v) is 27.1. The van der Waals surface area contributed by atoms with Crippen molar-refractivity contribution >= 4 is 29.6 Å². The number of hydrogen-bond donors (Lipinski definition) is 7. The van der Waals surface area contributed by atoms with E-state index in [0.29, 0.717) is 19.4 Å². The first kappa shape index (κ1) is 37.7. The van der Waals surface area contributed by atoms with Gasteiger partial charge in [-0.1, -0.05) is 60.7 Å². The van der Waals surface area contributed by atoms with Gasteiger partial charge in [-0.05, 0) is 56.2 Å². The van der Waals surface area contributed by atoms with Crippen molar-refractivity contribution in [3.63, 3.8) is 0 Å². The van der Waals surface area contributed by atoms with Gasteiger partial charge in [-0.15, -0.1) is 12.3 Å². The molecule has 6 unspecified atom stereocenters. The first-order valence-electron chi connectivity index (χ1n) is 16.2. The summed E-state index contributed by atoms with van der Waals surface area (Å²) in [6, 6.07) is 14.0. The van der Waals surface area contributed by atoms with Crippen LogP contribution in [0, 0.1) is 18.3 Å².